The number of nitrogens with two attached hydrogens (primary N) is 1. The van der Waals surface area contributed by atoms with Gasteiger partial charge in [-0.2, -0.15) is 13.2 Å². The second-order valence-electron chi connectivity index (χ2n) is 7.41. The molecule has 7 nitrogen and oxygen atoms in total. The Morgan fingerprint density at radius 1 is 1.19 bits per heavy atom. The van der Waals surface area contributed by atoms with Crippen molar-refractivity contribution in [1.82, 2.24) is 14.5 Å². The first-order valence-corrected chi connectivity index (χ1v) is 9.40. The molecule has 2 aromatic rings. The molecule has 0 radical (unpaired) electrons. The highest BCUT2D eigenvalue weighted by atomic mass is 19.4. The lowest BCUT2D eigenvalue weighted by molar-refractivity contribution is -0.148. The van der Waals surface area contributed by atoms with Crippen LogP contribution in [-0.2, 0) is 23.9 Å². The second-order valence-corrected chi connectivity index (χ2v) is 7.41. The standard InChI is InChI=1S/C19H18F6N4O3/c1-8-16-15(17(31)32)27-18(19(23,24)25)29(16)3-2-28(8)14(30)6-10(26)4-9-5-12(21)13(22)7-11(9)20/h5,7-8,10H,2-4,6,26H2,1H3,(H,31,32)/t8-,10?/m1/s1. The molecule has 2 heterocycles. The molecule has 0 aliphatic carbocycles. The van der Waals surface area contributed by atoms with Gasteiger partial charge in [0.15, 0.2) is 17.3 Å². The Morgan fingerprint density at radius 2 is 1.81 bits per heavy atom. The van der Waals surface area contributed by atoms with Crippen molar-refractivity contribution in [3.63, 3.8) is 0 Å². The van der Waals surface area contributed by atoms with E-state index in [2.05, 4.69) is 4.98 Å². The van der Waals surface area contributed by atoms with Crippen LogP contribution in [0.5, 0.6) is 0 Å². The fourth-order valence-electron chi connectivity index (χ4n) is 3.80. The third-order valence-corrected chi connectivity index (χ3v) is 5.22. The van der Waals surface area contributed by atoms with E-state index >= 15 is 0 Å². The zero-order chi connectivity index (χ0) is 24.0. The van der Waals surface area contributed by atoms with Crippen LogP contribution in [0.2, 0.25) is 0 Å². The van der Waals surface area contributed by atoms with E-state index in [-0.39, 0.29) is 37.2 Å². The Labute approximate surface area is 177 Å². The van der Waals surface area contributed by atoms with Crippen LogP contribution in [0.1, 0.15) is 47.0 Å². The van der Waals surface area contributed by atoms with Gasteiger partial charge in [-0.05, 0) is 25.0 Å². The van der Waals surface area contributed by atoms with Crippen LogP contribution in [0.4, 0.5) is 26.3 Å². The summed E-state index contributed by atoms with van der Waals surface area (Å²) in [5.41, 5.74) is 4.54. The summed E-state index contributed by atoms with van der Waals surface area (Å²) in [6.07, 6.45) is -5.57. The fourth-order valence-corrected chi connectivity index (χ4v) is 3.80. The van der Waals surface area contributed by atoms with Crippen molar-refractivity contribution in [2.24, 2.45) is 5.73 Å². The molecule has 1 aromatic heterocycles. The van der Waals surface area contributed by atoms with E-state index in [0.717, 1.165) is 9.47 Å². The van der Waals surface area contributed by atoms with Crippen molar-refractivity contribution in [2.75, 3.05) is 6.54 Å². The molecule has 32 heavy (non-hydrogen) atoms. The molecule has 2 atom stereocenters. The molecule has 174 valence electrons. The molecule has 0 fully saturated rings. The van der Waals surface area contributed by atoms with Crippen LogP contribution < -0.4 is 5.73 Å². The smallest absolute Gasteiger partial charge is 0.449 e. The van der Waals surface area contributed by atoms with Crippen LogP contribution in [0, 0.1) is 17.5 Å². The maximum Gasteiger partial charge on any atom is 0.449 e. The van der Waals surface area contributed by atoms with Crippen LogP contribution in [0.3, 0.4) is 0 Å². The first-order chi connectivity index (χ1) is 14.8. The number of halogens is 6. The lowest BCUT2D eigenvalue weighted by Gasteiger charge is -2.36. The van der Waals surface area contributed by atoms with E-state index in [1.165, 1.54) is 6.92 Å². The predicted molar refractivity (Wildman–Crippen MR) is 96.9 cm³/mol. The normalized spacial score (nSPS) is 17.2. The summed E-state index contributed by atoms with van der Waals surface area (Å²) in [5, 5.41) is 9.28. The van der Waals surface area contributed by atoms with E-state index in [9.17, 15) is 41.0 Å². The summed E-state index contributed by atoms with van der Waals surface area (Å²) in [5.74, 6) is -7.34. The summed E-state index contributed by atoms with van der Waals surface area (Å²) in [6.45, 7) is 0.850. The zero-order valence-corrected chi connectivity index (χ0v) is 16.6. The SMILES string of the molecule is C[C@@H]1c2c(C(=O)O)nc(C(F)(F)F)n2CCN1C(=O)CC(N)Cc1cc(F)c(F)cc1F. The van der Waals surface area contributed by atoms with Crippen LogP contribution in [0.25, 0.3) is 0 Å². The number of carboxylic acids is 1. The molecule has 1 aliphatic rings. The number of fused-ring (bicyclic) bond motifs is 1. The van der Waals surface area contributed by atoms with Crippen molar-refractivity contribution >= 4 is 11.9 Å². The predicted octanol–water partition coefficient (Wildman–Crippen LogP) is 2.88. The van der Waals surface area contributed by atoms with Gasteiger partial charge >= 0.3 is 12.1 Å². The largest absolute Gasteiger partial charge is 0.476 e. The first-order valence-electron chi connectivity index (χ1n) is 9.40. The number of benzene rings is 1. The lowest BCUT2D eigenvalue weighted by Crippen LogP contribution is -2.44. The molecule has 1 aliphatic heterocycles. The maximum absolute atomic E-state index is 13.8. The van der Waals surface area contributed by atoms with Gasteiger partial charge in [-0.25, -0.2) is 22.9 Å². The van der Waals surface area contributed by atoms with Gasteiger partial charge in [0, 0.05) is 31.6 Å². The van der Waals surface area contributed by atoms with Gasteiger partial charge in [0.2, 0.25) is 11.7 Å². The first kappa shape index (κ1) is 23.6. The fraction of sp³-hybridized carbons (Fsp3) is 0.421. The highest BCUT2D eigenvalue weighted by molar-refractivity contribution is 5.87. The van der Waals surface area contributed by atoms with Gasteiger partial charge in [0.25, 0.3) is 0 Å². The number of carboxylic acid groups (broad SMARTS) is 1. The molecular formula is C19H18F6N4O3. The highest BCUT2D eigenvalue weighted by Crippen LogP contribution is 2.36. The van der Waals surface area contributed by atoms with Gasteiger partial charge in [0.1, 0.15) is 5.82 Å². The number of nitrogens with zero attached hydrogens (tertiary/aromatic N) is 3. The molecule has 1 unspecified atom stereocenters. The average molecular weight is 464 g/mol. The summed E-state index contributed by atoms with van der Waals surface area (Å²) < 4.78 is 80.7. The highest BCUT2D eigenvalue weighted by Gasteiger charge is 2.43. The minimum atomic E-state index is -4.88. The van der Waals surface area contributed by atoms with Crippen molar-refractivity contribution in [3.05, 3.63) is 52.4 Å². The number of hydrogen-bond acceptors (Lipinski definition) is 4. The van der Waals surface area contributed by atoms with E-state index in [0.29, 0.717) is 12.1 Å². The summed E-state index contributed by atoms with van der Waals surface area (Å²) in [4.78, 5) is 28.5. The molecule has 0 saturated heterocycles. The molecule has 0 saturated carbocycles. The van der Waals surface area contributed by atoms with E-state index < -0.39 is 59.1 Å². The number of aromatic carboxylic acids is 1. The molecule has 0 spiro atoms. The van der Waals surface area contributed by atoms with Crippen molar-refractivity contribution in [2.45, 2.75) is 44.6 Å². The van der Waals surface area contributed by atoms with Gasteiger partial charge < -0.3 is 20.3 Å². The van der Waals surface area contributed by atoms with E-state index in [4.69, 9.17) is 5.73 Å². The number of carbonyl (C=O) groups is 2. The number of hydrogen-bond donors (Lipinski definition) is 2. The second kappa shape index (κ2) is 8.45. The molecule has 1 amide bonds. The topological polar surface area (TPSA) is 101 Å². The third-order valence-electron chi connectivity index (χ3n) is 5.22. The van der Waals surface area contributed by atoms with Crippen molar-refractivity contribution in [1.29, 1.82) is 0 Å². The third kappa shape index (κ3) is 4.42. The number of carbonyl (C=O) groups excluding carboxylic acids is 1. The maximum atomic E-state index is 13.8. The number of imidazole rings is 1. The molecular weight excluding hydrogens is 446 g/mol. The quantitative estimate of drug-likeness (QED) is 0.524. The number of aromatic nitrogens is 2. The Hall–Kier alpha value is -3.09. The van der Waals surface area contributed by atoms with Gasteiger partial charge in [-0.1, -0.05) is 0 Å². The molecule has 0 bridgehead atoms. The number of rotatable bonds is 5. The molecule has 3 N–H and O–H groups in total. The van der Waals surface area contributed by atoms with E-state index in [1.807, 2.05) is 0 Å². The summed E-state index contributed by atoms with van der Waals surface area (Å²) in [6, 6.07) is -1.07. The Bertz CT molecular complexity index is 1070. The number of amides is 1. The molecule has 3 rings (SSSR count). The van der Waals surface area contributed by atoms with Crippen LogP contribution >= 0.6 is 0 Å². The van der Waals surface area contributed by atoms with Crippen LogP contribution in [-0.4, -0.2) is 44.0 Å². The Balaban J connectivity index is 1.79. The van der Waals surface area contributed by atoms with Gasteiger partial charge in [-0.3, -0.25) is 4.79 Å². The van der Waals surface area contributed by atoms with Crippen LogP contribution in [0.15, 0.2) is 12.1 Å². The summed E-state index contributed by atoms with van der Waals surface area (Å²) >= 11 is 0. The lowest BCUT2D eigenvalue weighted by atomic mass is 10.0. The van der Waals surface area contributed by atoms with Crippen molar-refractivity contribution in [3.8, 4) is 0 Å². The molecule has 1 aromatic carbocycles. The minimum absolute atomic E-state index is 0.169. The monoisotopic (exact) mass is 464 g/mol. The molecule has 13 heteroatoms. The van der Waals surface area contributed by atoms with Gasteiger partial charge in [-0.15, -0.1) is 0 Å². The minimum Gasteiger partial charge on any atom is -0.476 e. The zero-order valence-electron chi connectivity index (χ0n) is 16.6. The summed E-state index contributed by atoms with van der Waals surface area (Å²) in [7, 11) is 0. The Kier molecular flexibility index (Phi) is 6.22. The average Bonchev–Trinajstić information content (AvgIpc) is 3.07. The van der Waals surface area contributed by atoms with Crippen molar-refractivity contribution < 1.29 is 41.0 Å². The van der Waals surface area contributed by atoms with Gasteiger partial charge in [0.05, 0.1) is 11.7 Å². The number of alkyl halides is 3. The van der Waals surface area contributed by atoms with E-state index in [1.54, 1.807) is 0 Å². The Morgan fingerprint density at radius 3 is 2.41 bits per heavy atom.